The number of carbonyl (C=O) groups is 1. The van der Waals surface area contributed by atoms with E-state index in [1.807, 2.05) is 18.2 Å². The van der Waals surface area contributed by atoms with Crippen molar-refractivity contribution in [3.8, 4) is 0 Å². The van der Waals surface area contributed by atoms with Crippen molar-refractivity contribution in [3.63, 3.8) is 0 Å². The molecule has 0 fully saturated rings. The predicted molar refractivity (Wildman–Crippen MR) is 80.1 cm³/mol. The zero-order chi connectivity index (χ0) is 13.0. The summed E-state index contributed by atoms with van der Waals surface area (Å²) in [6.45, 7) is 0.370. The van der Waals surface area contributed by atoms with Gasteiger partial charge in [0, 0.05) is 14.2 Å². The minimum absolute atomic E-state index is 0.119. The zero-order valence-corrected chi connectivity index (χ0v) is 13.0. The lowest BCUT2D eigenvalue weighted by Crippen LogP contribution is -2.24. The van der Waals surface area contributed by atoms with E-state index in [2.05, 4.69) is 54.0 Å². The third-order valence-electron chi connectivity index (χ3n) is 2.23. The second-order valence-electron chi connectivity index (χ2n) is 3.52. The highest BCUT2D eigenvalue weighted by Gasteiger charge is 2.10. The van der Waals surface area contributed by atoms with Crippen molar-refractivity contribution < 1.29 is 4.79 Å². The average molecular weight is 418 g/mol. The SMILES string of the molecule is O=C(NCc1cccnn1)c1cc(Br)ccc1I. The fourth-order valence-corrected chi connectivity index (χ4v) is 2.31. The van der Waals surface area contributed by atoms with Crippen molar-refractivity contribution in [3.05, 3.63) is 55.8 Å². The smallest absolute Gasteiger partial charge is 0.252 e. The van der Waals surface area contributed by atoms with Crippen LogP contribution in [0.3, 0.4) is 0 Å². The summed E-state index contributed by atoms with van der Waals surface area (Å²) in [5.74, 6) is -0.119. The maximum Gasteiger partial charge on any atom is 0.252 e. The Hall–Kier alpha value is -1.02. The first kappa shape index (κ1) is 13.4. The van der Waals surface area contributed by atoms with Gasteiger partial charge in [-0.25, -0.2) is 0 Å². The Balaban J connectivity index is 2.06. The lowest BCUT2D eigenvalue weighted by atomic mass is 10.2. The monoisotopic (exact) mass is 417 g/mol. The molecule has 0 saturated heterocycles. The van der Waals surface area contributed by atoms with E-state index in [1.54, 1.807) is 18.3 Å². The first-order valence-corrected chi connectivity index (χ1v) is 7.04. The van der Waals surface area contributed by atoms with Crippen molar-refractivity contribution in [1.82, 2.24) is 15.5 Å². The van der Waals surface area contributed by atoms with E-state index < -0.39 is 0 Å². The highest BCUT2D eigenvalue weighted by atomic mass is 127. The van der Waals surface area contributed by atoms with Crippen LogP contribution in [0.5, 0.6) is 0 Å². The Morgan fingerprint density at radius 1 is 1.39 bits per heavy atom. The van der Waals surface area contributed by atoms with Crippen molar-refractivity contribution in [2.45, 2.75) is 6.54 Å². The van der Waals surface area contributed by atoms with Crippen LogP contribution in [0, 0.1) is 3.57 Å². The standard InChI is InChI=1S/C12H9BrIN3O/c13-8-3-4-11(14)10(6-8)12(18)15-7-9-2-1-5-16-17-9/h1-6H,7H2,(H,15,18). The van der Waals surface area contributed by atoms with Crippen molar-refractivity contribution >= 4 is 44.4 Å². The van der Waals surface area contributed by atoms with E-state index in [4.69, 9.17) is 0 Å². The van der Waals surface area contributed by atoms with E-state index in [0.717, 1.165) is 13.7 Å². The summed E-state index contributed by atoms with van der Waals surface area (Å²) in [6, 6.07) is 9.20. The third-order valence-corrected chi connectivity index (χ3v) is 3.66. The molecule has 6 heteroatoms. The fourth-order valence-electron chi connectivity index (χ4n) is 1.37. The molecule has 1 N–H and O–H groups in total. The molecule has 18 heavy (non-hydrogen) atoms. The molecule has 0 spiro atoms. The number of halogens is 2. The van der Waals surface area contributed by atoms with Crippen molar-refractivity contribution in [2.75, 3.05) is 0 Å². The molecule has 0 aliphatic rings. The van der Waals surface area contributed by atoms with Gasteiger partial charge in [-0.3, -0.25) is 4.79 Å². The van der Waals surface area contributed by atoms with Gasteiger partial charge in [-0.15, -0.1) is 0 Å². The molecule has 0 unspecified atom stereocenters. The Morgan fingerprint density at radius 2 is 2.22 bits per heavy atom. The molecule has 1 heterocycles. The zero-order valence-electron chi connectivity index (χ0n) is 9.23. The average Bonchev–Trinajstić information content (AvgIpc) is 2.40. The molecular formula is C12H9BrIN3O. The van der Waals surface area contributed by atoms with Crippen LogP contribution < -0.4 is 5.32 Å². The normalized spacial score (nSPS) is 10.1. The number of hydrogen-bond acceptors (Lipinski definition) is 3. The highest BCUT2D eigenvalue weighted by molar-refractivity contribution is 14.1. The molecule has 0 aliphatic heterocycles. The summed E-state index contributed by atoms with van der Waals surface area (Å²) in [5, 5.41) is 10.5. The van der Waals surface area contributed by atoms with Gasteiger partial charge in [0.25, 0.3) is 5.91 Å². The summed E-state index contributed by atoms with van der Waals surface area (Å²) in [5.41, 5.74) is 1.38. The topological polar surface area (TPSA) is 54.9 Å². The summed E-state index contributed by atoms with van der Waals surface area (Å²) >= 11 is 5.49. The van der Waals surface area contributed by atoms with E-state index in [-0.39, 0.29) is 5.91 Å². The van der Waals surface area contributed by atoms with Crippen molar-refractivity contribution in [2.24, 2.45) is 0 Å². The highest BCUT2D eigenvalue weighted by Crippen LogP contribution is 2.18. The molecule has 0 aliphatic carbocycles. The summed E-state index contributed by atoms with van der Waals surface area (Å²) in [4.78, 5) is 12.0. The number of nitrogens with one attached hydrogen (secondary N) is 1. The van der Waals surface area contributed by atoms with Gasteiger partial charge in [0.2, 0.25) is 0 Å². The van der Waals surface area contributed by atoms with Crippen LogP contribution in [0.1, 0.15) is 16.1 Å². The Kier molecular flexibility index (Phi) is 4.65. The molecule has 2 aromatic rings. The molecule has 92 valence electrons. The molecule has 2 rings (SSSR count). The summed E-state index contributed by atoms with van der Waals surface area (Å²) < 4.78 is 1.79. The molecule has 1 aromatic heterocycles. The predicted octanol–water partition coefficient (Wildman–Crippen LogP) is 2.77. The molecule has 0 radical (unpaired) electrons. The molecule has 0 saturated carbocycles. The summed E-state index contributed by atoms with van der Waals surface area (Å²) in [7, 11) is 0. The summed E-state index contributed by atoms with van der Waals surface area (Å²) in [6.07, 6.45) is 1.60. The number of nitrogens with zero attached hydrogens (tertiary/aromatic N) is 2. The lowest BCUT2D eigenvalue weighted by molar-refractivity contribution is 0.0949. The maximum atomic E-state index is 12.0. The van der Waals surface area contributed by atoms with Crippen LogP contribution in [0.4, 0.5) is 0 Å². The van der Waals surface area contributed by atoms with Crippen LogP contribution in [0.15, 0.2) is 41.0 Å². The van der Waals surface area contributed by atoms with Gasteiger partial charge in [-0.05, 0) is 52.9 Å². The van der Waals surface area contributed by atoms with Crippen molar-refractivity contribution in [1.29, 1.82) is 0 Å². The number of rotatable bonds is 3. The van der Waals surface area contributed by atoms with E-state index >= 15 is 0 Å². The Morgan fingerprint density at radius 3 is 2.94 bits per heavy atom. The second kappa shape index (κ2) is 6.24. The van der Waals surface area contributed by atoms with E-state index in [1.165, 1.54) is 0 Å². The van der Waals surface area contributed by atoms with Gasteiger partial charge in [0.1, 0.15) is 0 Å². The quantitative estimate of drug-likeness (QED) is 0.781. The van der Waals surface area contributed by atoms with Gasteiger partial charge in [-0.1, -0.05) is 15.9 Å². The van der Waals surface area contributed by atoms with Gasteiger partial charge < -0.3 is 5.32 Å². The van der Waals surface area contributed by atoms with Crippen LogP contribution in [0.25, 0.3) is 0 Å². The Bertz CT molecular complexity index is 563. The first-order chi connectivity index (χ1) is 8.66. The van der Waals surface area contributed by atoms with Gasteiger partial charge in [0.15, 0.2) is 0 Å². The number of benzene rings is 1. The molecule has 4 nitrogen and oxygen atoms in total. The third kappa shape index (κ3) is 3.49. The minimum atomic E-state index is -0.119. The maximum absolute atomic E-state index is 12.0. The number of aromatic nitrogens is 2. The van der Waals surface area contributed by atoms with E-state index in [0.29, 0.717) is 12.1 Å². The van der Waals surface area contributed by atoms with Crippen LogP contribution in [-0.2, 0) is 6.54 Å². The minimum Gasteiger partial charge on any atom is -0.346 e. The van der Waals surface area contributed by atoms with Gasteiger partial charge in [-0.2, -0.15) is 10.2 Å². The molecule has 0 atom stereocenters. The fraction of sp³-hybridized carbons (Fsp3) is 0.0833. The molecule has 1 aromatic carbocycles. The molecule has 1 amide bonds. The number of hydrogen-bond donors (Lipinski definition) is 1. The number of carbonyl (C=O) groups excluding carboxylic acids is 1. The molecule has 0 bridgehead atoms. The Labute approximate surface area is 126 Å². The first-order valence-electron chi connectivity index (χ1n) is 5.16. The lowest BCUT2D eigenvalue weighted by Gasteiger charge is -2.06. The van der Waals surface area contributed by atoms with E-state index in [9.17, 15) is 4.79 Å². The van der Waals surface area contributed by atoms with Crippen LogP contribution in [-0.4, -0.2) is 16.1 Å². The van der Waals surface area contributed by atoms with Crippen LogP contribution >= 0.6 is 38.5 Å². The van der Waals surface area contributed by atoms with Crippen LogP contribution in [0.2, 0.25) is 0 Å². The molecular weight excluding hydrogens is 409 g/mol. The van der Waals surface area contributed by atoms with Gasteiger partial charge in [0.05, 0.1) is 17.8 Å². The van der Waals surface area contributed by atoms with Gasteiger partial charge >= 0.3 is 0 Å². The largest absolute Gasteiger partial charge is 0.346 e. The number of amides is 1. The second-order valence-corrected chi connectivity index (χ2v) is 5.60.